The molecular weight excluding hydrogens is 268 g/mol. The van der Waals surface area contributed by atoms with Gasteiger partial charge >= 0.3 is 0 Å². The van der Waals surface area contributed by atoms with Crippen LogP contribution in [0.1, 0.15) is 52.7 Å². The zero-order valence-corrected chi connectivity index (χ0v) is 13.5. The fourth-order valence-corrected chi connectivity index (χ4v) is 4.41. The van der Waals surface area contributed by atoms with E-state index in [4.69, 9.17) is 0 Å². The lowest BCUT2D eigenvalue weighted by Gasteiger charge is -2.11. The highest BCUT2D eigenvalue weighted by atomic mass is 32.2. The lowest BCUT2D eigenvalue weighted by molar-refractivity contribution is 0.102. The molecule has 0 bridgehead atoms. The molecule has 0 saturated heterocycles. The van der Waals surface area contributed by atoms with Crippen molar-refractivity contribution in [3.8, 4) is 0 Å². The van der Waals surface area contributed by atoms with Gasteiger partial charge in [0.25, 0.3) is 0 Å². The van der Waals surface area contributed by atoms with Crippen LogP contribution in [-0.2, 0) is 10.8 Å². The Kier molecular flexibility index (Phi) is 5.14. The molecule has 1 aliphatic carbocycles. The molecule has 0 N–H and O–H groups in total. The predicted molar refractivity (Wildman–Crippen MR) is 84.8 cm³/mol. The highest BCUT2D eigenvalue weighted by molar-refractivity contribution is 7.85. The molecule has 0 aromatic heterocycles. The Morgan fingerprint density at radius 2 is 1.70 bits per heavy atom. The van der Waals surface area contributed by atoms with Crippen molar-refractivity contribution in [3.05, 3.63) is 34.4 Å². The Bertz CT molecular complexity index is 528. The number of rotatable bonds is 5. The maximum absolute atomic E-state index is 12.3. The van der Waals surface area contributed by atoms with Crippen molar-refractivity contribution in [1.82, 2.24) is 0 Å². The summed E-state index contributed by atoms with van der Waals surface area (Å²) in [6.07, 6.45) is 4.88. The third-order valence-electron chi connectivity index (χ3n) is 4.33. The largest absolute Gasteiger partial charge is 0.293 e. The SMILES string of the molecule is Cc1cc(C)c(C(=O)CS(=O)CC2CCCC2)cc1C. The fourth-order valence-electron chi connectivity index (χ4n) is 2.98. The van der Waals surface area contributed by atoms with E-state index in [1.807, 2.05) is 26.0 Å². The second-order valence-corrected chi connectivity index (χ2v) is 7.58. The molecule has 1 atom stereocenters. The van der Waals surface area contributed by atoms with Crippen molar-refractivity contribution in [2.75, 3.05) is 11.5 Å². The van der Waals surface area contributed by atoms with Gasteiger partial charge < -0.3 is 0 Å². The highest BCUT2D eigenvalue weighted by Gasteiger charge is 2.20. The molecule has 0 spiro atoms. The zero-order chi connectivity index (χ0) is 14.7. The van der Waals surface area contributed by atoms with Gasteiger partial charge in [-0.3, -0.25) is 9.00 Å². The molecule has 0 aliphatic heterocycles. The molecule has 1 saturated carbocycles. The summed E-state index contributed by atoms with van der Waals surface area (Å²) in [7, 11) is -1.01. The number of benzene rings is 1. The van der Waals surface area contributed by atoms with E-state index < -0.39 is 10.8 Å². The van der Waals surface area contributed by atoms with Crippen molar-refractivity contribution >= 4 is 16.6 Å². The molecule has 2 nitrogen and oxygen atoms in total. The average Bonchev–Trinajstić information content (AvgIpc) is 2.86. The maximum Gasteiger partial charge on any atom is 0.175 e. The van der Waals surface area contributed by atoms with Crippen LogP contribution in [0.2, 0.25) is 0 Å². The van der Waals surface area contributed by atoms with E-state index in [0.29, 0.717) is 11.7 Å². The normalized spacial score (nSPS) is 17.4. The van der Waals surface area contributed by atoms with E-state index in [1.54, 1.807) is 0 Å². The first kappa shape index (κ1) is 15.4. The van der Waals surface area contributed by atoms with Crippen LogP contribution < -0.4 is 0 Å². The van der Waals surface area contributed by atoms with Gasteiger partial charge in [0.15, 0.2) is 5.78 Å². The zero-order valence-electron chi connectivity index (χ0n) is 12.7. The highest BCUT2D eigenvalue weighted by Crippen LogP contribution is 2.25. The average molecular weight is 292 g/mol. The molecule has 0 amide bonds. The summed E-state index contributed by atoms with van der Waals surface area (Å²) < 4.78 is 12.1. The lowest BCUT2D eigenvalue weighted by Crippen LogP contribution is -2.18. The molecular formula is C17H24O2S. The Hall–Kier alpha value is -0.960. The van der Waals surface area contributed by atoms with Crippen molar-refractivity contribution in [3.63, 3.8) is 0 Å². The molecule has 1 unspecified atom stereocenters. The third-order valence-corrected chi connectivity index (χ3v) is 5.76. The van der Waals surface area contributed by atoms with Gasteiger partial charge in [-0.25, -0.2) is 0 Å². The third kappa shape index (κ3) is 3.78. The summed E-state index contributed by atoms with van der Waals surface area (Å²) in [4.78, 5) is 12.3. The van der Waals surface area contributed by atoms with E-state index >= 15 is 0 Å². The van der Waals surface area contributed by atoms with Crippen LogP contribution in [0.5, 0.6) is 0 Å². The lowest BCUT2D eigenvalue weighted by atomic mass is 9.99. The van der Waals surface area contributed by atoms with Crippen LogP contribution in [0.15, 0.2) is 12.1 Å². The second kappa shape index (κ2) is 6.66. The number of carbonyl (C=O) groups is 1. The number of Topliss-reactive ketones (excluding diaryl/α,β-unsaturated/α-hetero) is 1. The van der Waals surface area contributed by atoms with Crippen molar-refractivity contribution < 1.29 is 9.00 Å². The van der Waals surface area contributed by atoms with Crippen LogP contribution in [0.4, 0.5) is 0 Å². The van der Waals surface area contributed by atoms with Crippen molar-refractivity contribution in [2.24, 2.45) is 5.92 Å². The summed E-state index contributed by atoms with van der Waals surface area (Å²) in [6, 6.07) is 3.99. The molecule has 1 aliphatic rings. The number of hydrogen-bond donors (Lipinski definition) is 0. The van der Waals surface area contributed by atoms with Gasteiger partial charge in [0.05, 0.1) is 5.75 Å². The Morgan fingerprint density at radius 1 is 1.10 bits per heavy atom. The molecule has 1 aromatic rings. The summed E-state index contributed by atoms with van der Waals surface area (Å²) >= 11 is 0. The van der Waals surface area contributed by atoms with Gasteiger partial charge in [-0.05, 0) is 62.3 Å². The minimum absolute atomic E-state index is 0.0296. The predicted octanol–water partition coefficient (Wildman–Crippen LogP) is 3.73. The first-order valence-corrected chi connectivity index (χ1v) is 8.92. The van der Waals surface area contributed by atoms with E-state index in [9.17, 15) is 9.00 Å². The topological polar surface area (TPSA) is 34.1 Å². The Labute approximate surface area is 124 Å². The number of aryl methyl sites for hydroxylation is 3. The van der Waals surface area contributed by atoms with Crippen LogP contribution in [-0.4, -0.2) is 21.5 Å². The smallest absolute Gasteiger partial charge is 0.175 e. The van der Waals surface area contributed by atoms with E-state index in [-0.39, 0.29) is 11.5 Å². The van der Waals surface area contributed by atoms with Crippen LogP contribution in [0.3, 0.4) is 0 Å². The molecule has 1 aromatic carbocycles. The van der Waals surface area contributed by atoms with Crippen LogP contribution in [0, 0.1) is 26.7 Å². The second-order valence-electron chi connectivity index (χ2n) is 6.08. The molecule has 2 rings (SSSR count). The van der Waals surface area contributed by atoms with Crippen molar-refractivity contribution in [2.45, 2.75) is 46.5 Å². The minimum Gasteiger partial charge on any atom is -0.293 e. The standard InChI is InChI=1S/C17H24O2S/c1-12-8-14(3)16(9-13(12)2)17(18)11-20(19)10-15-6-4-5-7-15/h8-9,15H,4-7,10-11H2,1-3H3. The number of ketones is 1. The summed E-state index contributed by atoms with van der Waals surface area (Å²) in [5.41, 5.74) is 4.07. The molecule has 0 heterocycles. The number of carbonyl (C=O) groups excluding carboxylic acids is 1. The summed E-state index contributed by atoms with van der Waals surface area (Å²) in [5.74, 6) is 1.49. The summed E-state index contributed by atoms with van der Waals surface area (Å²) in [5, 5.41) is 0. The van der Waals surface area contributed by atoms with Gasteiger partial charge in [0, 0.05) is 22.1 Å². The molecule has 0 radical (unpaired) electrons. The van der Waals surface area contributed by atoms with Gasteiger partial charge in [-0.15, -0.1) is 0 Å². The maximum atomic E-state index is 12.3. The first-order chi connectivity index (χ1) is 9.47. The molecule has 20 heavy (non-hydrogen) atoms. The minimum atomic E-state index is -1.01. The quantitative estimate of drug-likeness (QED) is 0.775. The first-order valence-electron chi connectivity index (χ1n) is 7.43. The number of hydrogen-bond acceptors (Lipinski definition) is 2. The molecule has 1 fully saturated rings. The van der Waals surface area contributed by atoms with E-state index in [1.165, 1.54) is 31.2 Å². The monoisotopic (exact) mass is 292 g/mol. The van der Waals surface area contributed by atoms with Gasteiger partial charge in [-0.1, -0.05) is 18.9 Å². The Balaban J connectivity index is 2.00. The molecule has 3 heteroatoms. The van der Waals surface area contributed by atoms with Crippen LogP contribution >= 0.6 is 0 Å². The molecule has 110 valence electrons. The van der Waals surface area contributed by atoms with E-state index in [0.717, 1.165) is 16.7 Å². The van der Waals surface area contributed by atoms with Crippen molar-refractivity contribution in [1.29, 1.82) is 0 Å². The van der Waals surface area contributed by atoms with Gasteiger partial charge in [0.1, 0.15) is 0 Å². The van der Waals surface area contributed by atoms with E-state index in [2.05, 4.69) is 6.92 Å². The Morgan fingerprint density at radius 3 is 2.35 bits per heavy atom. The summed E-state index contributed by atoms with van der Waals surface area (Å²) in [6.45, 7) is 6.02. The van der Waals surface area contributed by atoms with Crippen LogP contribution in [0.25, 0.3) is 0 Å². The van der Waals surface area contributed by atoms with Gasteiger partial charge in [-0.2, -0.15) is 0 Å². The fraction of sp³-hybridized carbons (Fsp3) is 0.588. The van der Waals surface area contributed by atoms with Gasteiger partial charge in [0.2, 0.25) is 0 Å².